The third kappa shape index (κ3) is 2.60. The molecule has 0 aliphatic heterocycles. The number of fused-ring (bicyclic) bond motifs is 2. The molecule has 0 atom stereocenters. The first-order valence-electron chi connectivity index (χ1n) is 7.29. The Morgan fingerprint density at radius 2 is 2.04 bits per heavy atom. The molecule has 0 fully saturated rings. The van der Waals surface area contributed by atoms with E-state index in [9.17, 15) is 9.59 Å². The summed E-state index contributed by atoms with van der Waals surface area (Å²) in [5.41, 5.74) is 1.72. The Labute approximate surface area is 136 Å². The summed E-state index contributed by atoms with van der Waals surface area (Å²) in [4.78, 5) is 34.4. The Hall–Kier alpha value is -3.22. The molecule has 0 aliphatic carbocycles. The first-order chi connectivity index (χ1) is 11.4. The number of aromatic amines is 1. The topological polar surface area (TPSA) is 93.8 Å². The predicted molar refractivity (Wildman–Crippen MR) is 92.8 cm³/mol. The van der Waals surface area contributed by atoms with E-state index in [1.807, 2.05) is 26.0 Å². The molecule has 122 valence electrons. The van der Waals surface area contributed by atoms with Gasteiger partial charge in [-0.25, -0.2) is 9.78 Å². The molecule has 7 heteroatoms. The van der Waals surface area contributed by atoms with Crippen molar-refractivity contribution in [1.82, 2.24) is 19.5 Å². The maximum absolute atomic E-state index is 11.9. The number of hydrogen-bond acceptors (Lipinski definition) is 5. The molecule has 0 aliphatic rings. The van der Waals surface area contributed by atoms with Crippen LogP contribution in [0.15, 0.2) is 50.5 Å². The summed E-state index contributed by atoms with van der Waals surface area (Å²) >= 11 is 0. The molecule has 3 heterocycles. The van der Waals surface area contributed by atoms with Gasteiger partial charge in [-0.1, -0.05) is 30.4 Å². The van der Waals surface area contributed by atoms with Crippen LogP contribution >= 0.6 is 0 Å². The number of rotatable bonds is 3. The van der Waals surface area contributed by atoms with Crippen molar-refractivity contribution < 1.29 is 4.42 Å². The largest absolute Gasteiger partial charge is 0.436 e. The summed E-state index contributed by atoms with van der Waals surface area (Å²) in [7, 11) is 1.51. The molecule has 3 rings (SSSR count). The van der Waals surface area contributed by atoms with E-state index in [1.165, 1.54) is 11.6 Å². The highest BCUT2D eigenvalue weighted by Gasteiger charge is 2.14. The van der Waals surface area contributed by atoms with Crippen LogP contribution in [0.1, 0.15) is 19.6 Å². The van der Waals surface area contributed by atoms with E-state index in [1.54, 1.807) is 12.1 Å². The highest BCUT2D eigenvalue weighted by atomic mass is 16.3. The first-order valence-corrected chi connectivity index (χ1v) is 7.29. The second kappa shape index (κ2) is 5.77. The zero-order valence-corrected chi connectivity index (χ0v) is 13.6. The van der Waals surface area contributed by atoms with E-state index in [2.05, 4.69) is 21.5 Å². The van der Waals surface area contributed by atoms with Crippen LogP contribution in [0.25, 0.3) is 28.0 Å². The molecule has 0 saturated heterocycles. The molecule has 0 amide bonds. The van der Waals surface area contributed by atoms with Gasteiger partial charge in [0, 0.05) is 18.7 Å². The summed E-state index contributed by atoms with van der Waals surface area (Å²) in [6.45, 7) is 7.75. The molecular formula is C17H16N4O3. The van der Waals surface area contributed by atoms with E-state index in [4.69, 9.17) is 4.42 Å². The molecule has 0 radical (unpaired) electrons. The van der Waals surface area contributed by atoms with Crippen molar-refractivity contribution in [2.75, 3.05) is 0 Å². The van der Waals surface area contributed by atoms with Crippen molar-refractivity contribution in [2.24, 2.45) is 7.05 Å². The minimum Gasteiger partial charge on any atom is -0.436 e. The molecule has 24 heavy (non-hydrogen) atoms. The highest BCUT2D eigenvalue weighted by molar-refractivity contribution is 5.85. The van der Waals surface area contributed by atoms with E-state index < -0.39 is 11.2 Å². The number of nitrogens with zero attached hydrogens (tertiary/aromatic N) is 3. The maximum atomic E-state index is 11.9. The summed E-state index contributed by atoms with van der Waals surface area (Å²) in [6, 6.07) is 1.69. The van der Waals surface area contributed by atoms with Gasteiger partial charge in [0.25, 0.3) is 5.56 Å². The summed E-state index contributed by atoms with van der Waals surface area (Å²) in [5.74, 6) is 0.536. The quantitative estimate of drug-likeness (QED) is 0.746. The smallest absolute Gasteiger partial charge is 0.329 e. The van der Waals surface area contributed by atoms with Gasteiger partial charge < -0.3 is 4.42 Å². The number of aryl methyl sites for hydroxylation is 1. The summed E-state index contributed by atoms with van der Waals surface area (Å²) < 4.78 is 6.95. The van der Waals surface area contributed by atoms with Crippen molar-refractivity contribution in [3.05, 3.63) is 63.0 Å². The lowest BCUT2D eigenvalue weighted by Crippen LogP contribution is -2.29. The Morgan fingerprint density at radius 3 is 2.71 bits per heavy atom. The van der Waals surface area contributed by atoms with Gasteiger partial charge in [-0.3, -0.25) is 14.3 Å². The van der Waals surface area contributed by atoms with E-state index in [0.29, 0.717) is 11.3 Å². The van der Waals surface area contributed by atoms with E-state index in [-0.39, 0.29) is 16.9 Å². The van der Waals surface area contributed by atoms with Crippen LogP contribution in [-0.4, -0.2) is 19.5 Å². The summed E-state index contributed by atoms with van der Waals surface area (Å²) in [6.07, 6.45) is 5.48. The van der Waals surface area contributed by atoms with Gasteiger partial charge in [-0.05, 0) is 13.8 Å². The number of hydrogen-bond donors (Lipinski definition) is 1. The standard InChI is InChI=1S/C17H16N4O3/c1-5-10(7-6-9(2)3)12-8-11-16(24-12)19-14-13(18-11)15(22)20-17(23)21(14)4/h5-8H,1H2,2-4H3,(H,20,22,23)/b10-7+. The molecule has 3 aromatic heterocycles. The fraction of sp³-hybridized carbons (Fsp3) is 0.176. The number of H-pyrrole nitrogens is 1. The van der Waals surface area contributed by atoms with Crippen molar-refractivity contribution in [2.45, 2.75) is 13.8 Å². The lowest BCUT2D eigenvalue weighted by atomic mass is 10.1. The lowest BCUT2D eigenvalue weighted by Gasteiger charge is -2.00. The Morgan fingerprint density at radius 1 is 1.29 bits per heavy atom. The molecule has 7 nitrogen and oxygen atoms in total. The molecule has 0 bridgehead atoms. The SMILES string of the molecule is C=C/C(=C\C=C(C)C)c1cc2nc3c(=O)[nH]c(=O)n(C)c3nc2o1. The molecule has 3 aromatic rings. The van der Waals surface area contributed by atoms with Gasteiger partial charge in [-0.2, -0.15) is 4.98 Å². The van der Waals surface area contributed by atoms with Gasteiger partial charge in [0.05, 0.1) is 0 Å². The fourth-order valence-electron chi connectivity index (χ4n) is 2.22. The van der Waals surface area contributed by atoms with Crippen molar-refractivity contribution >= 4 is 28.0 Å². The average molecular weight is 324 g/mol. The Kier molecular flexibility index (Phi) is 3.76. The number of furan rings is 1. The number of nitrogens with one attached hydrogen (secondary N) is 1. The molecule has 0 spiro atoms. The molecular weight excluding hydrogens is 308 g/mol. The van der Waals surface area contributed by atoms with Crippen LogP contribution in [0.4, 0.5) is 0 Å². The monoisotopic (exact) mass is 324 g/mol. The van der Waals surface area contributed by atoms with Gasteiger partial charge in [0.1, 0.15) is 11.3 Å². The zero-order chi connectivity index (χ0) is 17.4. The van der Waals surface area contributed by atoms with Crippen LogP contribution < -0.4 is 11.2 Å². The lowest BCUT2D eigenvalue weighted by molar-refractivity contribution is 0.589. The van der Waals surface area contributed by atoms with E-state index in [0.717, 1.165) is 11.1 Å². The zero-order valence-electron chi connectivity index (χ0n) is 13.6. The van der Waals surface area contributed by atoms with Crippen LogP contribution in [0.3, 0.4) is 0 Å². The molecule has 0 aromatic carbocycles. The second-order valence-electron chi connectivity index (χ2n) is 5.59. The predicted octanol–water partition coefficient (Wildman–Crippen LogP) is 2.30. The highest BCUT2D eigenvalue weighted by Crippen LogP contribution is 2.24. The minimum atomic E-state index is -0.575. The Balaban J connectivity index is 2.29. The molecule has 1 N–H and O–H groups in total. The summed E-state index contributed by atoms with van der Waals surface area (Å²) in [5, 5.41) is 0. The average Bonchev–Trinajstić information content (AvgIpc) is 2.94. The minimum absolute atomic E-state index is 0.0883. The van der Waals surface area contributed by atoms with Crippen molar-refractivity contribution in [3.63, 3.8) is 0 Å². The van der Waals surface area contributed by atoms with E-state index >= 15 is 0 Å². The molecule has 0 saturated carbocycles. The van der Waals surface area contributed by atoms with Crippen molar-refractivity contribution in [1.29, 1.82) is 0 Å². The third-order valence-corrected chi connectivity index (χ3v) is 3.50. The number of allylic oxidation sites excluding steroid dienone is 5. The van der Waals surface area contributed by atoms with Crippen LogP contribution in [0.5, 0.6) is 0 Å². The van der Waals surface area contributed by atoms with Gasteiger partial charge in [-0.15, -0.1) is 0 Å². The van der Waals surface area contributed by atoms with Crippen LogP contribution in [0, 0.1) is 0 Å². The molecule has 0 unspecified atom stereocenters. The normalized spacial score (nSPS) is 11.9. The van der Waals surface area contributed by atoms with Gasteiger partial charge in [0.2, 0.25) is 5.71 Å². The van der Waals surface area contributed by atoms with Gasteiger partial charge >= 0.3 is 5.69 Å². The van der Waals surface area contributed by atoms with Crippen LogP contribution in [0.2, 0.25) is 0 Å². The van der Waals surface area contributed by atoms with Crippen molar-refractivity contribution in [3.8, 4) is 0 Å². The first kappa shape index (κ1) is 15.7. The Bertz CT molecular complexity index is 1140. The number of aromatic nitrogens is 4. The maximum Gasteiger partial charge on any atom is 0.329 e. The second-order valence-corrected chi connectivity index (χ2v) is 5.59. The fourth-order valence-corrected chi connectivity index (χ4v) is 2.22. The van der Waals surface area contributed by atoms with Crippen LogP contribution in [-0.2, 0) is 7.05 Å². The third-order valence-electron chi connectivity index (χ3n) is 3.50. The van der Waals surface area contributed by atoms with Gasteiger partial charge in [0.15, 0.2) is 11.2 Å².